The number of para-hydroxylation sites is 1. The van der Waals surface area contributed by atoms with Crippen molar-refractivity contribution in [3.63, 3.8) is 0 Å². The predicted molar refractivity (Wildman–Crippen MR) is 114 cm³/mol. The Morgan fingerprint density at radius 2 is 1.93 bits per heavy atom. The van der Waals surface area contributed by atoms with Gasteiger partial charge in [-0.25, -0.2) is 0 Å². The van der Waals surface area contributed by atoms with E-state index in [-0.39, 0.29) is 11.8 Å². The van der Waals surface area contributed by atoms with Crippen LogP contribution in [-0.2, 0) is 9.53 Å². The number of halogens is 1. The van der Waals surface area contributed by atoms with Gasteiger partial charge in [0, 0.05) is 31.2 Å². The minimum Gasteiger partial charge on any atom is -0.380 e. The summed E-state index contributed by atoms with van der Waals surface area (Å²) in [6.45, 7) is 8.10. The number of amides is 1. The number of hydrogen-bond acceptors (Lipinski definition) is 2. The van der Waals surface area contributed by atoms with Crippen molar-refractivity contribution in [3.8, 4) is 0 Å². The topological polar surface area (TPSA) is 29.5 Å². The van der Waals surface area contributed by atoms with Gasteiger partial charge in [-0.05, 0) is 31.4 Å². The fraction of sp³-hybridized carbons (Fsp3) is 0.522. The number of carbonyl (C=O) groups is 1. The molecule has 1 aromatic rings. The molecule has 0 bridgehead atoms. The van der Waals surface area contributed by atoms with Crippen molar-refractivity contribution in [1.82, 2.24) is 0 Å². The highest BCUT2D eigenvalue weighted by molar-refractivity contribution is 6.26. The molecule has 1 aromatic carbocycles. The fourth-order valence-corrected chi connectivity index (χ4v) is 3.88. The summed E-state index contributed by atoms with van der Waals surface area (Å²) in [6, 6.07) is 9.83. The van der Waals surface area contributed by atoms with Gasteiger partial charge in [-0.15, -0.1) is 11.6 Å². The van der Waals surface area contributed by atoms with Gasteiger partial charge in [0.2, 0.25) is 5.91 Å². The Balaban J connectivity index is 2.18. The Morgan fingerprint density at radius 1 is 1.19 bits per heavy atom. The summed E-state index contributed by atoms with van der Waals surface area (Å²) >= 11 is 6.92. The molecule has 0 spiro atoms. The van der Waals surface area contributed by atoms with Gasteiger partial charge in [0.1, 0.15) is 0 Å². The molecule has 0 aromatic heterocycles. The summed E-state index contributed by atoms with van der Waals surface area (Å²) in [7, 11) is 0. The lowest BCUT2D eigenvalue weighted by molar-refractivity contribution is -0.119. The first-order valence-electron chi connectivity index (χ1n) is 10.1. The van der Waals surface area contributed by atoms with E-state index in [1.54, 1.807) is 0 Å². The Morgan fingerprint density at radius 3 is 2.56 bits per heavy atom. The second-order valence-electron chi connectivity index (χ2n) is 6.98. The number of rotatable bonds is 10. The zero-order valence-corrected chi connectivity index (χ0v) is 17.5. The van der Waals surface area contributed by atoms with Gasteiger partial charge in [-0.1, -0.05) is 62.8 Å². The molecule has 0 fully saturated rings. The van der Waals surface area contributed by atoms with Crippen LogP contribution in [0.15, 0.2) is 54.1 Å². The molecule has 0 N–H and O–H groups in total. The van der Waals surface area contributed by atoms with Crippen LogP contribution >= 0.6 is 11.6 Å². The smallest absolute Gasteiger partial charge is 0.227 e. The molecular formula is C23H32ClNO2. The summed E-state index contributed by atoms with van der Waals surface area (Å²) in [4.78, 5) is 14.7. The highest BCUT2D eigenvalue weighted by atomic mass is 35.5. The van der Waals surface area contributed by atoms with Crippen LogP contribution in [0.4, 0.5) is 5.69 Å². The predicted octanol–water partition coefficient (Wildman–Crippen LogP) is 5.75. The van der Waals surface area contributed by atoms with Gasteiger partial charge in [0.25, 0.3) is 0 Å². The molecule has 1 aliphatic rings. The molecule has 4 heteroatoms. The van der Waals surface area contributed by atoms with Crippen LogP contribution in [0, 0.1) is 5.92 Å². The zero-order chi connectivity index (χ0) is 19.7. The number of nitrogens with zero attached hydrogens (tertiary/aromatic N) is 1. The number of benzene rings is 1. The van der Waals surface area contributed by atoms with E-state index in [0.29, 0.717) is 26.2 Å². The molecule has 148 valence electrons. The van der Waals surface area contributed by atoms with E-state index >= 15 is 0 Å². The van der Waals surface area contributed by atoms with Crippen molar-refractivity contribution in [2.24, 2.45) is 5.92 Å². The van der Waals surface area contributed by atoms with E-state index in [0.717, 1.165) is 24.9 Å². The van der Waals surface area contributed by atoms with Crippen molar-refractivity contribution < 1.29 is 9.53 Å². The lowest BCUT2D eigenvalue weighted by Gasteiger charge is -2.37. The van der Waals surface area contributed by atoms with E-state index in [1.165, 1.54) is 5.57 Å². The Kier molecular flexibility index (Phi) is 8.59. The summed E-state index contributed by atoms with van der Waals surface area (Å²) in [6.07, 6.45) is 9.28. The van der Waals surface area contributed by atoms with Gasteiger partial charge < -0.3 is 9.64 Å². The fourth-order valence-electron chi connectivity index (χ4n) is 3.59. The average molecular weight is 390 g/mol. The summed E-state index contributed by atoms with van der Waals surface area (Å²) < 4.78 is 5.64. The summed E-state index contributed by atoms with van der Waals surface area (Å²) in [5.41, 5.74) is 2.16. The second kappa shape index (κ2) is 10.7. The van der Waals surface area contributed by atoms with Crippen molar-refractivity contribution in [2.45, 2.75) is 51.3 Å². The number of alkyl halides is 1. The van der Waals surface area contributed by atoms with Crippen LogP contribution in [-0.4, -0.2) is 30.5 Å². The highest BCUT2D eigenvalue weighted by Crippen LogP contribution is 2.42. The minimum absolute atomic E-state index is 0.0226. The SMILES string of the molecule is CCCOCCN(C(=O)CC1C(CC)=CC=CC1(Cl)CC)c1ccccc1. The molecular weight excluding hydrogens is 358 g/mol. The highest BCUT2D eigenvalue weighted by Gasteiger charge is 2.38. The van der Waals surface area contributed by atoms with Gasteiger partial charge in [-0.3, -0.25) is 4.79 Å². The monoisotopic (exact) mass is 389 g/mol. The summed E-state index contributed by atoms with van der Waals surface area (Å²) in [5, 5.41) is 0. The standard InChI is InChI=1S/C23H32ClNO2/c1-4-16-27-17-15-25(20-12-8-7-9-13-20)22(26)18-21-19(5-2)11-10-14-23(21,24)6-3/h7-14,21H,4-6,15-18H2,1-3H3. The van der Waals surface area contributed by atoms with Crippen molar-refractivity contribution in [3.05, 3.63) is 54.1 Å². The van der Waals surface area contributed by atoms with Crippen LogP contribution < -0.4 is 4.90 Å². The largest absolute Gasteiger partial charge is 0.380 e. The molecule has 0 radical (unpaired) electrons. The Bertz CT molecular complexity index is 656. The number of carbonyl (C=O) groups excluding carboxylic acids is 1. The van der Waals surface area contributed by atoms with E-state index in [2.05, 4.69) is 26.8 Å². The van der Waals surface area contributed by atoms with Gasteiger partial charge in [0.05, 0.1) is 11.5 Å². The normalized spacial score (nSPS) is 21.8. The maximum Gasteiger partial charge on any atom is 0.227 e. The maximum absolute atomic E-state index is 13.3. The van der Waals surface area contributed by atoms with Crippen LogP contribution in [0.2, 0.25) is 0 Å². The first-order valence-corrected chi connectivity index (χ1v) is 10.4. The molecule has 0 saturated carbocycles. The molecule has 2 rings (SSSR count). The van der Waals surface area contributed by atoms with E-state index in [9.17, 15) is 4.79 Å². The van der Waals surface area contributed by atoms with Gasteiger partial charge in [0.15, 0.2) is 0 Å². The van der Waals surface area contributed by atoms with Gasteiger partial charge >= 0.3 is 0 Å². The average Bonchev–Trinajstić information content (AvgIpc) is 2.70. The van der Waals surface area contributed by atoms with Crippen molar-refractivity contribution in [1.29, 1.82) is 0 Å². The Hall–Kier alpha value is -1.58. The first-order chi connectivity index (χ1) is 13.1. The summed E-state index contributed by atoms with van der Waals surface area (Å²) in [5.74, 6) is 0.119. The lowest BCUT2D eigenvalue weighted by atomic mass is 9.76. The quantitative estimate of drug-likeness (QED) is 0.377. The van der Waals surface area contributed by atoms with Crippen LogP contribution in [0.1, 0.15) is 46.5 Å². The molecule has 3 nitrogen and oxygen atoms in total. The molecule has 0 heterocycles. The lowest BCUT2D eigenvalue weighted by Crippen LogP contribution is -2.40. The third-order valence-electron chi connectivity index (χ3n) is 5.22. The first kappa shape index (κ1) is 21.7. The zero-order valence-electron chi connectivity index (χ0n) is 16.8. The van der Waals surface area contributed by atoms with Crippen molar-refractivity contribution >= 4 is 23.2 Å². The third-order valence-corrected chi connectivity index (χ3v) is 5.87. The molecule has 1 amide bonds. The second-order valence-corrected chi connectivity index (χ2v) is 7.69. The van der Waals surface area contributed by atoms with Crippen LogP contribution in [0.3, 0.4) is 0 Å². The molecule has 0 aliphatic heterocycles. The minimum atomic E-state index is -0.489. The maximum atomic E-state index is 13.3. The Labute approximate surface area is 169 Å². The molecule has 2 atom stereocenters. The van der Waals surface area contributed by atoms with E-state index in [1.807, 2.05) is 47.4 Å². The number of ether oxygens (including phenoxy) is 1. The molecule has 2 unspecified atom stereocenters. The van der Waals surface area contributed by atoms with Crippen LogP contribution in [0.5, 0.6) is 0 Å². The van der Waals surface area contributed by atoms with Crippen molar-refractivity contribution in [2.75, 3.05) is 24.7 Å². The van der Waals surface area contributed by atoms with E-state index < -0.39 is 4.87 Å². The van der Waals surface area contributed by atoms with E-state index in [4.69, 9.17) is 16.3 Å². The van der Waals surface area contributed by atoms with Crippen LogP contribution in [0.25, 0.3) is 0 Å². The number of allylic oxidation sites excluding steroid dienone is 4. The molecule has 27 heavy (non-hydrogen) atoms. The third kappa shape index (κ3) is 5.70. The molecule has 1 aliphatic carbocycles. The number of anilines is 1. The van der Waals surface area contributed by atoms with Gasteiger partial charge in [-0.2, -0.15) is 0 Å². The number of hydrogen-bond donors (Lipinski definition) is 0. The molecule has 0 saturated heterocycles.